The van der Waals surface area contributed by atoms with Crippen LogP contribution in [0.25, 0.3) is 0 Å². The number of nitrogens with one attached hydrogen (secondary N) is 1. The molecule has 3 heteroatoms. The van der Waals surface area contributed by atoms with Crippen molar-refractivity contribution in [1.29, 1.82) is 0 Å². The van der Waals surface area contributed by atoms with Crippen molar-refractivity contribution in [3.8, 4) is 0 Å². The van der Waals surface area contributed by atoms with Gasteiger partial charge in [-0.05, 0) is 61.1 Å². The van der Waals surface area contributed by atoms with Crippen molar-refractivity contribution in [2.75, 3.05) is 0 Å². The molecule has 0 radical (unpaired) electrons. The van der Waals surface area contributed by atoms with Gasteiger partial charge in [0.05, 0.1) is 6.04 Å². The summed E-state index contributed by atoms with van der Waals surface area (Å²) in [4.78, 5) is 0. The first kappa shape index (κ1) is 15.2. The maximum Gasteiger partial charge on any atom is 0.0503 e. The van der Waals surface area contributed by atoms with Gasteiger partial charge in [-0.25, -0.2) is 0 Å². The Morgan fingerprint density at radius 2 is 1.85 bits per heavy atom. The van der Waals surface area contributed by atoms with Crippen LogP contribution < -0.4 is 11.3 Å². The summed E-state index contributed by atoms with van der Waals surface area (Å²) in [6.45, 7) is 6.40. The van der Waals surface area contributed by atoms with Crippen molar-refractivity contribution in [2.24, 2.45) is 5.84 Å². The maximum absolute atomic E-state index is 5.77. The Kier molecular flexibility index (Phi) is 4.97. The Labute approximate surface area is 129 Å². The third kappa shape index (κ3) is 3.29. The van der Waals surface area contributed by atoms with Crippen LogP contribution in [0.5, 0.6) is 0 Å². The molecule has 0 saturated carbocycles. The lowest BCUT2D eigenvalue weighted by atomic mass is 9.94. The van der Waals surface area contributed by atoms with Crippen LogP contribution in [0.2, 0.25) is 0 Å². The first-order valence-corrected chi connectivity index (χ1v) is 7.59. The highest BCUT2D eigenvalue weighted by molar-refractivity contribution is 9.10. The lowest BCUT2D eigenvalue weighted by Gasteiger charge is -2.20. The van der Waals surface area contributed by atoms with Gasteiger partial charge in [-0.1, -0.05) is 46.3 Å². The molecule has 0 aliphatic heterocycles. The van der Waals surface area contributed by atoms with Crippen molar-refractivity contribution in [3.63, 3.8) is 0 Å². The number of benzene rings is 2. The van der Waals surface area contributed by atoms with Gasteiger partial charge in [0.2, 0.25) is 0 Å². The molecule has 2 nitrogen and oxygen atoms in total. The first-order chi connectivity index (χ1) is 9.52. The van der Waals surface area contributed by atoms with E-state index in [2.05, 4.69) is 78.5 Å². The minimum atomic E-state index is 0.120. The molecule has 0 heterocycles. The molecule has 106 valence electrons. The summed E-state index contributed by atoms with van der Waals surface area (Å²) in [6, 6.07) is 13.0. The van der Waals surface area contributed by atoms with Gasteiger partial charge < -0.3 is 0 Å². The highest BCUT2D eigenvalue weighted by Gasteiger charge is 2.14. The molecule has 20 heavy (non-hydrogen) atoms. The smallest absolute Gasteiger partial charge is 0.0503 e. The second kappa shape index (κ2) is 6.53. The molecule has 0 aromatic heterocycles. The van der Waals surface area contributed by atoms with Crippen LogP contribution in [0.4, 0.5) is 0 Å². The van der Waals surface area contributed by atoms with E-state index in [1.54, 1.807) is 0 Å². The molecule has 0 aliphatic rings. The van der Waals surface area contributed by atoms with Crippen molar-refractivity contribution < 1.29 is 0 Å². The number of aryl methyl sites for hydroxylation is 2. The number of hydrazine groups is 1. The van der Waals surface area contributed by atoms with Crippen molar-refractivity contribution in [2.45, 2.75) is 33.2 Å². The fourth-order valence-corrected chi connectivity index (χ4v) is 2.81. The average Bonchev–Trinajstić information content (AvgIpc) is 2.43. The molecule has 0 saturated heterocycles. The molecule has 1 atom stereocenters. The number of nitrogens with two attached hydrogens (primary N) is 1. The fourth-order valence-electron chi connectivity index (χ4n) is 2.43. The molecule has 0 bridgehead atoms. The van der Waals surface area contributed by atoms with Gasteiger partial charge in [0.25, 0.3) is 0 Å². The van der Waals surface area contributed by atoms with Crippen LogP contribution in [0.15, 0.2) is 40.9 Å². The Bertz CT molecular complexity index is 608. The SMILES string of the molecule is Cc1ccc(CC(NN)c2cccc(Br)c2C)cc1C. The van der Waals surface area contributed by atoms with E-state index in [-0.39, 0.29) is 6.04 Å². The lowest BCUT2D eigenvalue weighted by Crippen LogP contribution is -2.30. The van der Waals surface area contributed by atoms with E-state index in [1.165, 1.54) is 27.8 Å². The lowest BCUT2D eigenvalue weighted by molar-refractivity contribution is 0.549. The summed E-state index contributed by atoms with van der Waals surface area (Å²) in [5, 5.41) is 0. The minimum absolute atomic E-state index is 0.120. The molecule has 0 aliphatic carbocycles. The van der Waals surface area contributed by atoms with E-state index in [0.29, 0.717) is 0 Å². The predicted molar refractivity (Wildman–Crippen MR) is 88.6 cm³/mol. The van der Waals surface area contributed by atoms with Gasteiger partial charge in [-0.2, -0.15) is 0 Å². The zero-order valence-corrected chi connectivity index (χ0v) is 13.8. The highest BCUT2D eigenvalue weighted by Crippen LogP contribution is 2.27. The summed E-state index contributed by atoms with van der Waals surface area (Å²) in [6.07, 6.45) is 0.884. The summed E-state index contributed by atoms with van der Waals surface area (Å²) in [5.41, 5.74) is 9.37. The van der Waals surface area contributed by atoms with Crippen LogP contribution in [0, 0.1) is 20.8 Å². The second-order valence-electron chi connectivity index (χ2n) is 5.30. The Balaban J connectivity index is 2.28. The molecule has 2 aromatic rings. The molecule has 2 rings (SSSR count). The average molecular weight is 333 g/mol. The second-order valence-corrected chi connectivity index (χ2v) is 6.15. The van der Waals surface area contributed by atoms with E-state index in [0.717, 1.165) is 10.9 Å². The third-order valence-corrected chi connectivity index (χ3v) is 4.76. The van der Waals surface area contributed by atoms with Crippen molar-refractivity contribution >= 4 is 15.9 Å². The van der Waals surface area contributed by atoms with E-state index in [4.69, 9.17) is 5.84 Å². The normalized spacial score (nSPS) is 12.4. The molecule has 0 fully saturated rings. The van der Waals surface area contributed by atoms with E-state index >= 15 is 0 Å². The largest absolute Gasteiger partial charge is 0.271 e. The Hall–Kier alpha value is -1.16. The highest BCUT2D eigenvalue weighted by atomic mass is 79.9. The summed E-state index contributed by atoms with van der Waals surface area (Å²) in [5.74, 6) is 5.77. The summed E-state index contributed by atoms with van der Waals surface area (Å²) < 4.78 is 1.12. The van der Waals surface area contributed by atoms with Gasteiger partial charge in [0, 0.05) is 4.47 Å². The Morgan fingerprint density at radius 1 is 1.10 bits per heavy atom. The fraction of sp³-hybridized carbons (Fsp3) is 0.294. The molecular weight excluding hydrogens is 312 g/mol. The number of hydrogen-bond acceptors (Lipinski definition) is 2. The zero-order valence-electron chi connectivity index (χ0n) is 12.2. The van der Waals surface area contributed by atoms with Crippen LogP contribution in [-0.4, -0.2) is 0 Å². The van der Waals surface area contributed by atoms with Crippen LogP contribution in [0.3, 0.4) is 0 Å². The molecule has 0 spiro atoms. The number of rotatable bonds is 4. The van der Waals surface area contributed by atoms with Gasteiger partial charge in [-0.15, -0.1) is 0 Å². The standard InChI is InChI=1S/C17H21BrN2/c1-11-7-8-14(9-12(11)2)10-17(20-19)15-5-4-6-16(18)13(15)3/h4-9,17,20H,10,19H2,1-3H3. The first-order valence-electron chi connectivity index (χ1n) is 6.80. The topological polar surface area (TPSA) is 38.0 Å². The number of halogens is 1. The molecule has 3 N–H and O–H groups in total. The molecule has 2 aromatic carbocycles. The monoisotopic (exact) mass is 332 g/mol. The minimum Gasteiger partial charge on any atom is -0.271 e. The summed E-state index contributed by atoms with van der Waals surface area (Å²) in [7, 11) is 0. The Morgan fingerprint density at radius 3 is 2.50 bits per heavy atom. The van der Waals surface area contributed by atoms with E-state index < -0.39 is 0 Å². The molecular formula is C17H21BrN2. The van der Waals surface area contributed by atoms with Crippen LogP contribution >= 0.6 is 15.9 Å². The molecule has 1 unspecified atom stereocenters. The van der Waals surface area contributed by atoms with Crippen LogP contribution in [0.1, 0.15) is 33.9 Å². The van der Waals surface area contributed by atoms with Crippen molar-refractivity contribution in [1.82, 2.24) is 5.43 Å². The van der Waals surface area contributed by atoms with E-state index in [1.807, 2.05) is 0 Å². The molecule has 0 amide bonds. The zero-order chi connectivity index (χ0) is 14.7. The van der Waals surface area contributed by atoms with Gasteiger partial charge in [-0.3, -0.25) is 11.3 Å². The number of hydrogen-bond donors (Lipinski definition) is 2. The van der Waals surface area contributed by atoms with Gasteiger partial charge in [0.1, 0.15) is 0 Å². The summed E-state index contributed by atoms with van der Waals surface area (Å²) >= 11 is 3.58. The van der Waals surface area contributed by atoms with Gasteiger partial charge >= 0.3 is 0 Å². The predicted octanol–water partition coefficient (Wildman–Crippen LogP) is 4.12. The quantitative estimate of drug-likeness (QED) is 0.652. The van der Waals surface area contributed by atoms with E-state index in [9.17, 15) is 0 Å². The third-order valence-electron chi connectivity index (χ3n) is 3.90. The maximum atomic E-state index is 5.77. The van der Waals surface area contributed by atoms with Crippen molar-refractivity contribution in [3.05, 3.63) is 68.7 Å². The van der Waals surface area contributed by atoms with Gasteiger partial charge in [0.15, 0.2) is 0 Å². The van der Waals surface area contributed by atoms with Crippen LogP contribution in [-0.2, 0) is 6.42 Å².